The molecule has 2 fully saturated rings. The second-order valence-electron chi connectivity index (χ2n) is 7.34. The van der Waals surface area contributed by atoms with E-state index in [1.165, 1.54) is 0 Å². The molecule has 0 radical (unpaired) electrons. The zero-order valence-electron chi connectivity index (χ0n) is 16.0. The quantitative estimate of drug-likeness (QED) is 0.728. The van der Waals surface area contributed by atoms with Gasteiger partial charge in [-0.05, 0) is 43.9 Å². The molecule has 0 saturated carbocycles. The van der Waals surface area contributed by atoms with Crippen LogP contribution >= 0.6 is 0 Å². The van der Waals surface area contributed by atoms with Gasteiger partial charge in [0.15, 0.2) is 5.76 Å². The monoisotopic (exact) mass is 385 g/mol. The first-order valence-electron chi connectivity index (χ1n) is 10.1. The Hall–Kier alpha value is -2.31. The van der Waals surface area contributed by atoms with Crippen molar-refractivity contribution < 1.29 is 23.4 Å². The molecule has 1 atom stereocenters. The van der Waals surface area contributed by atoms with Crippen molar-refractivity contribution in [1.29, 1.82) is 0 Å². The van der Waals surface area contributed by atoms with Crippen LogP contribution in [0.4, 0.5) is 0 Å². The maximum Gasteiger partial charge on any atom is 0.289 e. The minimum atomic E-state index is -0.0748. The van der Waals surface area contributed by atoms with Gasteiger partial charge in [0.05, 0.1) is 25.1 Å². The van der Waals surface area contributed by atoms with Crippen LogP contribution in [0.25, 0.3) is 0 Å². The van der Waals surface area contributed by atoms with Crippen molar-refractivity contribution in [3.05, 3.63) is 54.0 Å². The van der Waals surface area contributed by atoms with Gasteiger partial charge in [0, 0.05) is 25.3 Å². The third kappa shape index (κ3) is 4.75. The Morgan fingerprint density at radius 3 is 2.68 bits per heavy atom. The van der Waals surface area contributed by atoms with Gasteiger partial charge in [0.1, 0.15) is 12.4 Å². The molecule has 6 heteroatoms. The number of nitrogens with zero attached hydrogens (tertiary/aromatic N) is 1. The number of para-hydroxylation sites is 1. The highest BCUT2D eigenvalue weighted by molar-refractivity contribution is 5.93. The van der Waals surface area contributed by atoms with E-state index in [1.807, 2.05) is 35.2 Å². The molecule has 4 rings (SSSR count). The Bertz CT molecular complexity index is 745. The van der Waals surface area contributed by atoms with Crippen molar-refractivity contribution >= 4 is 5.91 Å². The van der Waals surface area contributed by atoms with E-state index in [-0.39, 0.29) is 18.1 Å². The van der Waals surface area contributed by atoms with Gasteiger partial charge in [-0.25, -0.2) is 0 Å². The second kappa shape index (κ2) is 9.26. The molecule has 28 heavy (non-hydrogen) atoms. The Kier molecular flexibility index (Phi) is 6.29. The number of carbonyl (C=O) groups is 1. The molecule has 0 N–H and O–H groups in total. The summed E-state index contributed by atoms with van der Waals surface area (Å²) >= 11 is 0. The van der Waals surface area contributed by atoms with E-state index in [2.05, 4.69) is 0 Å². The molecule has 2 saturated heterocycles. The summed E-state index contributed by atoms with van der Waals surface area (Å²) in [6, 6.07) is 11.4. The molecular formula is C22H27NO5. The molecule has 1 aromatic heterocycles. The van der Waals surface area contributed by atoms with Crippen molar-refractivity contribution in [2.45, 2.75) is 44.5 Å². The summed E-state index contributed by atoms with van der Waals surface area (Å²) in [5.41, 5.74) is 0.769. The van der Waals surface area contributed by atoms with Crippen LogP contribution in [0.3, 0.4) is 0 Å². The summed E-state index contributed by atoms with van der Waals surface area (Å²) in [6.07, 6.45) is 5.89. The highest BCUT2D eigenvalue weighted by Gasteiger charge is 2.28. The fraction of sp³-hybridized carbons (Fsp3) is 0.500. The molecule has 150 valence electrons. The summed E-state index contributed by atoms with van der Waals surface area (Å²) in [4.78, 5) is 14.7. The number of rotatable bonds is 7. The number of benzene rings is 1. The maximum absolute atomic E-state index is 12.9. The molecule has 0 unspecified atom stereocenters. The van der Waals surface area contributed by atoms with Crippen LogP contribution in [0.15, 0.2) is 47.1 Å². The molecule has 1 aromatic carbocycles. The smallest absolute Gasteiger partial charge is 0.289 e. The van der Waals surface area contributed by atoms with Gasteiger partial charge in [-0.2, -0.15) is 0 Å². The van der Waals surface area contributed by atoms with E-state index < -0.39 is 0 Å². The van der Waals surface area contributed by atoms with Crippen LogP contribution in [-0.2, 0) is 16.1 Å². The van der Waals surface area contributed by atoms with E-state index in [0.717, 1.165) is 43.6 Å². The van der Waals surface area contributed by atoms with E-state index in [4.69, 9.17) is 18.6 Å². The van der Waals surface area contributed by atoms with Crippen molar-refractivity contribution in [2.24, 2.45) is 0 Å². The van der Waals surface area contributed by atoms with Crippen LogP contribution in [0.2, 0.25) is 0 Å². The van der Waals surface area contributed by atoms with Crippen LogP contribution < -0.4 is 4.74 Å². The molecule has 1 amide bonds. The Balaban J connectivity index is 1.26. The number of amides is 1. The van der Waals surface area contributed by atoms with Gasteiger partial charge in [-0.1, -0.05) is 18.2 Å². The minimum absolute atomic E-state index is 0.0748. The van der Waals surface area contributed by atoms with Gasteiger partial charge in [0.25, 0.3) is 5.91 Å². The first-order chi connectivity index (χ1) is 13.8. The summed E-state index contributed by atoms with van der Waals surface area (Å²) in [5.74, 6) is 1.06. The molecule has 0 bridgehead atoms. The van der Waals surface area contributed by atoms with Crippen LogP contribution in [-0.4, -0.2) is 49.3 Å². The van der Waals surface area contributed by atoms with E-state index in [0.29, 0.717) is 32.1 Å². The summed E-state index contributed by atoms with van der Waals surface area (Å²) in [5, 5.41) is 0. The largest absolute Gasteiger partial charge is 0.489 e. The molecule has 3 heterocycles. The van der Waals surface area contributed by atoms with Crippen molar-refractivity contribution in [3.63, 3.8) is 0 Å². The van der Waals surface area contributed by atoms with Crippen LogP contribution in [0.5, 0.6) is 5.75 Å². The van der Waals surface area contributed by atoms with Gasteiger partial charge in [-0.15, -0.1) is 0 Å². The Morgan fingerprint density at radius 1 is 1.11 bits per heavy atom. The third-order valence-corrected chi connectivity index (χ3v) is 5.35. The van der Waals surface area contributed by atoms with Gasteiger partial charge in [0.2, 0.25) is 0 Å². The Labute approximate surface area is 165 Å². The average Bonchev–Trinajstić information content (AvgIpc) is 3.43. The molecule has 2 aliphatic rings. The summed E-state index contributed by atoms with van der Waals surface area (Å²) in [7, 11) is 0. The molecule has 2 aliphatic heterocycles. The minimum Gasteiger partial charge on any atom is -0.489 e. The van der Waals surface area contributed by atoms with E-state index >= 15 is 0 Å². The third-order valence-electron chi connectivity index (χ3n) is 5.35. The lowest BCUT2D eigenvalue weighted by Crippen LogP contribution is -2.41. The number of furan rings is 1. The fourth-order valence-electron chi connectivity index (χ4n) is 3.70. The molecule has 0 aliphatic carbocycles. The van der Waals surface area contributed by atoms with Crippen LogP contribution in [0, 0.1) is 0 Å². The molecule has 0 spiro atoms. The number of hydrogen-bond acceptors (Lipinski definition) is 5. The highest BCUT2D eigenvalue weighted by Crippen LogP contribution is 2.22. The zero-order chi connectivity index (χ0) is 19.2. The summed E-state index contributed by atoms with van der Waals surface area (Å²) < 4.78 is 22.9. The Morgan fingerprint density at radius 2 is 1.93 bits per heavy atom. The zero-order valence-corrected chi connectivity index (χ0v) is 16.0. The SMILES string of the molecule is O=C(c1occc1COc1ccccc1)N1CCC(OC[C@H]2CCCO2)CC1. The predicted molar refractivity (Wildman–Crippen MR) is 103 cm³/mol. The van der Waals surface area contributed by atoms with Crippen LogP contribution in [0.1, 0.15) is 41.8 Å². The fourth-order valence-corrected chi connectivity index (χ4v) is 3.70. The second-order valence-corrected chi connectivity index (χ2v) is 7.34. The lowest BCUT2D eigenvalue weighted by Gasteiger charge is -2.32. The summed E-state index contributed by atoms with van der Waals surface area (Å²) in [6.45, 7) is 3.17. The van der Waals surface area contributed by atoms with E-state index in [9.17, 15) is 4.79 Å². The van der Waals surface area contributed by atoms with Gasteiger partial charge >= 0.3 is 0 Å². The number of hydrogen-bond donors (Lipinski definition) is 0. The molecule has 2 aromatic rings. The number of piperidine rings is 1. The van der Waals surface area contributed by atoms with Crippen molar-refractivity contribution in [3.8, 4) is 5.75 Å². The van der Waals surface area contributed by atoms with Crippen molar-refractivity contribution in [1.82, 2.24) is 4.90 Å². The van der Waals surface area contributed by atoms with Crippen molar-refractivity contribution in [2.75, 3.05) is 26.3 Å². The standard InChI is InChI=1S/C22H27NO5/c24-22(21-17(10-14-26-21)15-27-18-5-2-1-3-6-18)23-11-8-19(9-12-23)28-16-20-7-4-13-25-20/h1-3,5-6,10,14,19-20H,4,7-9,11-13,15-16H2/t20-/m1/s1. The maximum atomic E-state index is 12.9. The van der Waals surface area contributed by atoms with E-state index in [1.54, 1.807) is 12.3 Å². The first-order valence-corrected chi connectivity index (χ1v) is 10.1. The topological polar surface area (TPSA) is 61.1 Å². The first kappa shape index (κ1) is 19.0. The average molecular weight is 385 g/mol. The lowest BCUT2D eigenvalue weighted by molar-refractivity contribution is -0.0397. The normalized spacial score (nSPS) is 20.4. The van der Waals surface area contributed by atoms with Gasteiger partial charge < -0.3 is 23.5 Å². The van der Waals surface area contributed by atoms with Gasteiger partial charge in [-0.3, -0.25) is 4.79 Å². The molecular weight excluding hydrogens is 358 g/mol. The molecule has 6 nitrogen and oxygen atoms in total. The highest BCUT2D eigenvalue weighted by atomic mass is 16.5. The number of likely N-dealkylation sites (tertiary alicyclic amines) is 1. The predicted octanol–water partition coefficient (Wildman–Crippen LogP) is 3.66. The number of carbonyl (C=O) groups excluding carboxylic acids is 1. The number of ether oxygens (including phenoxy) is 3. The lowest BCUT2D eigenvalue weighted by atomic mass is 10.1.